The van der Waals surface area contributed by atoms with E-state index in [-0.39, 0.29) is 11.9 Å². The Kier molecular flexibility index (Phi) is 17.0. The third-order valence-electron chi connectivity index (χ3n) is 2.10. The summed E-state index contributed by atoms with van der Waals surface area (Å²) in [7, 11) is 3.25. The minimum atomic E-state index is -3.03. The maximum atomic E-state index is 12.0. The third kappa shape index (κ3) is 20.7. The van der Waals surface area contributed by atoms with Crippen LogP contribution in [-0.2, 0) is 32.7 Å². The van der Waals surface area contributed by atoms with Crippen molar-refractivity contribution in [2.45, 2.75) is 13.8 Å². The fourth-order valence-electron chi connectivity index (χ4n) is 1.19. The number of esters is 2. The van der Waals surface area contributed by atoms with Crippen LogP contribution in [0.5, 0.6) is 0 Å². The van der Waals surface area contributed by atoms with Crippen molar-refractivity contribution in [2.75, 3.05) is 56.1 Å². The minimum Gasteiger partial charge on any atom is -0.465 e. The van der Waals surface area contributed by atoms with E-state index in [0.29, 0.717) is 49.4 Å². The van der Waals surface area contributed by atoms with Crippen LogP contribution in [0.4, 0.5) is 0 Å². The van der Waals surface area contributed by atoms with Crippen molar-refractivity contribution in [1.29, 1.82) is 0 Å². The molecule has 7 nitrogen and oxygen atoms in total. The second kappa shape index (κ2) is 16.6. The van der Waals surface area contributed by atoms with Crippen molar-refractivity contribution in [2.24, 2.45) is 0 Å². The number of hydrogen-bond acceptors (Lipinski definition) is 11. The van der Waals surface area contributed by atoms with E-state index >= 15 is 0 Å². The van der Waals surface area contributed by atoms with Crippen molar-refractivity contribution in [3.05, 3.63) is 0 Å². The van der Waals surface area contributed by atoms with Gasteiger partial charge < -0.3 is 18.5 Å². The number of hydrogen-bond donors (Lipinski definition) is 0. The molecule has 0 aliphatic heterocycles. The van der Waals surface area contributed by atoms with Crippen LogP contribution in [0.1, 0.15) is 13.8 Å². The number of carbonyl (C=O) groups excluding carboxylic acids is 2. The summed E-state index contributed by atoms with van der Waals surface area (Å²) in [4.78, 5) is 21.1. The summed E-state index contributed by atoms with van der Waals surface area (Å²) >= 11 is 0. The van der Waals surface area contributed by atoms with E-state index in [0.717, 1.165) is 0 Å². The van der Waals surface area contributed by atoms with E-state index < -0.39 is 7.60 Å². The van der Waals surface area contributed by atoms with Gasteiger partial charge in [-0.3, -0.25) is 14.2 Å². The molecular weight excluding hydrogens is 427 g/mol. The number of ether oxygens (including phenoxy) is 2. The first-order valence-corrected chi connectivity index (χ1v) is 14.4. The first-order valence-electron chi connectivity index (χ1n) is 7.45. The molecule has 0 aliphatic rings. The summed E-state index contributed by atoms with van der Waals surface area (Å²) < 4.78 is 32.2. The highest BCUT2D eigenvalue weighted by Crippen LogP contribution is 2.44. The number of rotatable bonds is 16. The first kappa shape index (κ1) is 25.5. The Balaban J connectivity index is 3.42. The van der Waals surface area contributed by atoms with Gasteiger partial charge in [0.2, 0.25) is 0 Å². The topological polar surface area (TPSA) is 88.1 Å². The van der Waals surface area contributed by atoms with Crippen molar-refractivity contribution in [3.63, 3.8) is 0 Å². The molecule has 0 rings (SSSR count). The Morgan fingerprint density at radius 2 is 1.04 bits per heavy atom. The van der Waals surface area contributed by atoms with E-state index in [2.05, 4.69) is 0 Å². The Hall–Kier alpha value is 0.490. The quantitative estimate of drug-likeness (QED) is 0.148. The lowest BCUT2D eigenvalue weighted by Crippen LogP contribution is -2.03. The van der Waals surface area contributed by atoms with Crippen LogP contribution in [0, 0.1) is 0 Å². The molecule has 0 N–H and O–H groups in total. The van der Waals surface area contributed by atoms with Gasteiger partial charge in [0, 0.05) is 43.5 Å². The molecule has 0 aromatic rings. The SMILES string of the molecule is CC(=O)OCCSSCCOP(C)(=O)OCCSSCCOC(C)=O. The Labute approximate surface area is 165 Å². The van der Waals surface area contributed by atoms with Crippen LogP contribution in [0.2, 0.25) is 0 Å². The van der Waals surface area contributed by atoms with Crippen LogP contribution in [0.15, 0.2) is 0 Å². The Bertz CT molecular complexity index is 391. The molecule has 0 saturated carbocycles. The summed E-state index contributed by atoms with van der Waals surface area (Å²) in [6, 6.07) is 0. The maximum Gasteiger partial charge on any atom is 0.327 e. The molecule has 0 amide bonds. The van der Waals surface area contributed by atoms with Gasteiger partial charge >= 0.3 is 19.5 Å². The molecule has 0 unspecified atom stereocenters. The monoisotopic (exact) mass is 452 g/mol. The number of carbonyl (C=O) groups is 2. The molecule has 12 heteroatoms. The van der Waals surface area contributed by atoms with Gasteiger partial charge in [-0.25, -0.2) is 0 Å². The van der Waals surface area contributed by atoms with Gasteiger partial charge in [0.25, 0.3) is 0 Å². The fourth-order valence-corrected chi connectivity index (χ4v) is 5.66. The highest BCUT2D eigenvalue weighted by Gasteiger charge is 2.16. The van der Waals surface area contributed by atoms with Gasteiger partial charge in [0.05, 0.1) is 13.2 Å². The van der Waals surface area contributed by atoms with Crippen LogP contribution in [0.25, 0.3) is 0 Å². The average Bonchev–Trinajstić information content (AvgIpc) is 2.51. The minimum absolute atomic E-state index is 0.279. The zero-order chi connectivity index (χ0) is 19.0. The van der Waals surface area contributed by atoms with Gasteiger partial charge in [0.1, 0.15) is 13.2 Å². The molecule has 0 atom stereocenters. The molecule has 0 fully saturated rings. The van der Waals surface area contributed by atoms with Crippen LogP contribution < -0.4 is 0 Å². The molecule has 25 heavy (non-hydrogen) atoms. The smallest absolute Gasteiger partial charge is 0.327 e. The summed E-state index contributed by atoms with van der Waals surface area (Å²) in [6.07, 6.45) is 0. The predicted molar refractivity (Wildman–Crippen MR) is 109 cm³/mol. The zero-order valence-corrected chi connectivity index (χ0v) is 18.8. The van der Waals surface area contributed by atoms with Crippen LogP contribution >= 0.6 is 50.8 Å². The van der Waals surface area contributed by atoms with Gasteiger partial charge in [0.15, 0.2) is 0 Å². The lowest BCUT2D eigenvalue weighted by atomic mass is 10.8. The van der Waals surface area contributed by atoms with Crippen molar-refractivity contribution in [3.8, 4) is 0 Å². The maximum absolute atomic E-state index is 12.0. The van der Waals surface area contributed by atoms with E-state index in [4.69, 9.17) is 18.5 Å². The third-order valence-corrected chi connectivity index (χ3v) is 8.07. The van der Waals surface area contributed by atoms with E-state index in [1.165, 1.54) is 20.5 Å². The molecule has 0 heterocycles. The summed E-state index contributed by atoms with van der Waals surface area (Å²) in [5, 5.41) is 0. The molecule has 148 valence electrons. The lowest BCUT2D eigenvalue weighted by Gasteiger charge is -2.13. The molecular formula is C13H25O7PS4. The zero-order valence-electron chi connectivity index (χ0n) is 14.6. The Morgan fingerprint density at radius 1 is 0.720 bits per heavy atom. The highest BCUT2D eigenvalue weighted by atomic mass is 33.1. The van der Waals surface area contributed by atoms with E-state index in [1.807, 2.05) is 0 Å². The van der Waals surface area contributed by atoms with Gasteiger partial charge in [-0.15, -0.1) is 0 Å². The van der Waals surface area contributed by atoms with Crippen LogP contribution in [0.3, 0.4) is 0 Å². The van der Waals surface area contributed by atoms with Crippen molar-refractivity contribution >= 4 is 62.7 Å². The largest absolute Gasteiger partial charge is 0.465 e. The van der Waals surface area contributed by atoms with E-state index in [1.54, 1.807) is 43.2 Å². The predicted octanol–water partition coefficient (Wildman–Crippen LogP) is 3.73. The second-order valence-electron chi connectivity index (χ2n) is 4.41. The molecule has 0 spiro atoms. The average molecular weight is 453 g/mol. The highest BCUT2D eigenvalue weighted by molar-refractivity contribution is 8.77. The molecule has 0 aromatic heterocycles. The van der Waals surface area contributed by atoms with Crippen molar-refractivity contribution in [1.82, 2.24) is 0 Å². The molecule has 0 aromatic carbocycles. The van der Waals surface area contributed by atoms with Gasteiger partial charge in [-0.1, -0.05) is 43.2 Å². The summed E-state index contributed by atoms with van der Waals surface area (Å²) in [5.41, 5.74) is 0. The Morgan fingerprint density at radius 3 is 1.36 bits per heavy atom. The molecule has 0 bridgehead atoms. The van der Waals surface area contributed by atoms with Crippen LogP contribution in [-0.4, -0.2) is 68.0 Å². The van der Waals surface area contributed by atoms with Gasteiger partial charge in [-0.05, 0) is 0 Å². The summed E-state index contributed by atoms with van der Waals surface area (Å²) in [5.74, 6) is 2.20. The first-order chi connectivity index (χ1) is 11.8. The second-order valence-corrected chi connectivity index (χ2v) is 11.9. The fraction of sp³-hybridized carbons (Fsp3) is 0.846. The normalized spacial score (nSPS) is 11.3. The summed E-state index contributed by atoms with van der Waals surface area (Å²) in [6.45, 7) is 5.67. The van der Waals surface area contributed by atoms with Gasteiger partial charge in [-0.2, -0.15) is 0 Å². The van der Waals surface area contributed by atoms with E-state index in [9.17, 15) is 14.2 Å². The lowest BCUT2D eigenvalue weighted by molar-refractivity contribution is -0.141. The standard InChI is InChI=1S/C13H25O7PS4/c1-12(14)17-4-8-22-24-10-6-19-21(3,16)20-7-11-25-23-9-5-18-13(2)15/h4-11H2,1-3H3. The molecule has 0 aliphatic carbocycles. The van der Waals surface area contributed by atoms with Crippen molar-refractivity contribution < 1.29 is 32.7 Å². The molecule has 0 radical (unpaired) electrons. The molecule has 0 saturated heterocycles.